The zero-order valence-electron chi connectivity index (χ0n) is 22.6. The maximum absolute atomic E-state index is 5.18. The second-order valence-corrected chi connectivity index (χ2v) is 10.8. The van der Waals surface area contributed by atoms with E-state index in [2.05, 4.69) is 90.8 Å². The van der Waals surface area contributed by atoms with Gasteiger partial charge < -0.3 is 0 Å². The molecule has 1 aliphatic rings. The normalized spacial score (nSPS) is 14.5. The van der Waals surface area contributed by atoms with Gasteiger partial charge in [-0.15, -0.1) is 0 Å². The molecule has 1 atom stereocenters. The van der Waals surface area contributed by atoms with Crippen LogP contribution in [-0.4, -0.2) is 19.9 Å². The molecule has 7 aromatic rings. The Labute approximate surface area is 238 Å². The topological polar surface area (TPSA) is 51.6 Å². The fraction of sp³-hybridized carbons (Fsp3) is 0.0811. The summed E-state index contributed by atoms with van der Waals surface area (Å²) in [6.07, 6.45) is 9.15. The van der Waals surface area contributed by atoms with E-state index in [9.17, 15) is 0 Å². The Kier molecular flexibility index (Phi) is 5.46. The summed E-state index contributed by atoms with van der Waals surface area (Å²) in [7, 11) is 0. The summed E-state index contributed by atoms with van der Waals surface area (Å²) >= 11 is 0. The third kappa shape index (κ3) is 4.07. The minimum Gasteiger partial charge on any atom is -0.255 e. The lowest BCUT2D eigenvalue weighted by atomic mass is 9.86. The Morgan fingerprint density at radius 3 is 2.32 bits per heavy atom. The van der Waals surface area contributed by atoms with Crippen molar-refractivity contribution in [1.82, 2.24) is 19.9 Å². The van der Waals surface area contributed by atoms with Crippen LogP contribution >= 0.6 is 0 Å². The largest absolute Gasteiger partial charge is 0.255 e. The average Bonchev–Trinajstić information content (AvgIpc) is 3.03. The summed E-state index contributed by atoms with van der Waals surface area (Å²) in [6, 6.07) is 33.9. The number of hydrogen-bond acceptors (Lipinski definition) is 4. The highest BCUT2D eigenvalue weighted by molar-refractivity contribution is 6.10. The third-order valence-corrected chi connectivity index (χ3v) is 8.08. The van der Waals surface area contributed by atoms with E-state index < -0.39 is 0 Å². The summed E-state index contributed by atoms with van der Waals surface area (Å²) in [6.45, 7) is 2.25. The maximum atomic E-state index is 5.18. The molecule has 0 fully saturated rings. The molecule has 0 spiro atoms. The van der Waals surface area contributed by atoms with Crippen LogP contribution < -0.4 is 0 Å². The third-order valence-electron chi connectivity index (χ3n) is 8.08. The molecule has 0 saturated carbocycles. The summed E-state index contributed by atoms with van der Waals surface area (Å²) in [5.74, 6) is 0.463. The molecule has 0 amide bonds. The first kappa shape index (κ1) is 23.6. The van der Waals surface area contributed by atoms with E-state index in [-0.39, 0.29) is 0 Å². The Morgan fingerprint density at radius 1 is 0.634 bits per heavy atom. The van der Waals surface area contributed by atoms with Gasteiger partial charge in [0.2, 0.25) is 0 Å². The molecule has 1 aliphatic carbocycles. The number of aromatic nitrogens is 4. The van der Waals surface area contributed by atoms with E-state index >= 15 is 0 Å². The van der Waals surface area contributed by atoms with E-state index in [1.807, 2.05) is 36.5 Å². The molecule has 194 valence electrons. The lowest BCUT2D eigenvalue weighted by Gasteiger charge is -2.21. The first-order valence-electron chi connectivity index (χ1n) is 14.0. The van der Waals surface area contributed by atoms with Crippen molar-refractivity contribution < 1.29 is 0 Å². The fourth-order valence-electron chi connectivity index (χ4n) is 5.99. The van der Waals surface area contributed by atoms with Gasteiger partial charge in [0, 0.05) is 45.4 Å². The predicted molar refractivity (Wildman–Crippen MR) is 168 cm³/mol. The molecule has 0 bridgehead atoms. The van der Waals surface area contributed by atoms with Crippen LogP contribution in [-0.2, 0) is 6.42 Å². The molecule has 4 heteroatoms. The standard InChI is InChI=1S/C37H26N4/c1-23-7-16-29-34(21-23)41-37-30(17-14-27-5-4-20-39-36(27)37)35(29)26-11-8-24(9-12-26)28-13-10-25-15-18-32(40-33(25)22-28)31-6-2-3-19-38-31/h2-20,22-23H,21H2,1H3. The second-order valence-electron chi connectivity index (χ2n) is 10.8. The molecular formula is C37H26N4. The van der Waals surface area contributed by atoms with Crippen LogP contribution in [0.25, 0.3) is 72.4 Å². The van der Waals surface area contributed by atoms with Gasteiger partial charge in [-0.05, 0) is 59.4 Å². The summed E-state index contributed by atoms with van der Waals surface area (Å²) < 4.78 is 0. The zero-order valence-corrected chi connectivity index (χ0v) is 22.6. The number of nitrogens with zero attached hydrogens (tertiary/aromatic N) is 4. The van der Waals surface area contributed by atoms with Crippen LogP contribution in [0.4, 0.5) is 0 Å². The molecule has 0 radical (unpaired) electrons. The lowest BCUT2D eigenvalue weighted by molar-refractivity contribution is 0.702. The Balaban J connectivity index is 1.24. The molecule has 41 heavy (non-hydrogen) atoms. The summed E-state index contributed by atoms with van der Waals surface area (Å²) in [5.41, 5.74) is 11.7. The van der Waals surface area contributed by atoms with Crippen LogP contribution in [0, 0.1) is 5.92 Å². The van der Waals surface area contributed by atoms with Crippen molar-refractivity contribution in [3.63, 3.8) is 0 Å². The Hall–Kier alpha value is -5.22. The minimum absolute atomic E-state index is 0.463. The highest BCUT2D eigenvalue weighted by atomic mass is 14.8. The van der Waals surface area contributed by atoms with Gasteiger partial charge in [-0.3, -0.25) is 9.97 Å². The predicted octanol–water partition coefficient (Wildman–Crippen LogP) is 8.93. The molecule has 0 saturated heterocycles. The number of rotatable bonds is 3. The van der Waals surface area contributed by atoms with E-state index in [0.717, 1.165) is 67.3 Å². The van der Waals surface area contributed by atoms with Crippen molar-refractivity contribution in [2.75, 3.05) is 0 Å². The van der Waals surface area contributed by atoms with Crippen molar-refractivity contribution in [3.8, 4) is 33.6 Å². The Bertz CT molecular complexity index is 2130. The van der Waals surface area contributed by atoms with Gasteiger partial charge in [-0.2, -0.15) is 0 Å². The number of pyridine rings is 4. The van der Waals surface area contributed by atoms with Crippen LogP contribution in [0.1, 0.15) is 18.2 Å². The van der Waals surface area contributed by atoms with Crippen LogP contribution in [0.3, 0.4) is 0 Å². The fourth-order valence-corrected chi connectivity index (χ4v) is 5.99. The first-order chi connectivity index (χ1) is 20.2. The van der Waals surface area contributed by atoms with Crippen LogP contribution in [0.2, 0.25) is 0 Å². The SMILES string of the molecule is CC1C=Cc2c(nc3c(ccc4cccnc43)c2-c2ccc(-c3ccc4ccc(-c5ccccn5)nc4c3)cc2)C1. The quantitative estimate of drug-likeness (QED) is 0.216. The molecule has 3 aromatic carbocycles. The van der Waals surface area contributed by atoms with Gasteiger partial charge in [-0.1, -0.05) is 85.8 Å². The van der Waals surface area contributed by atoms with Crippen LogP contribution in [0.15, 0.2) is 116 Å². The van der Waals surface area contributed by atoms with E-state index in [0.29, 0.717) is 5.92 Å². The number of allylic oxidation sites excluding steroid dienone is 1. The van der Waals surface area contributed by atoms with Gasteiger partial charge in [-0.25, -0.2) is 9.97 Å². The van der Waals surface area contributed by atoms with Crippen LogP contribution in [0.5, 0.6) is 0 Å². The maximum Gasteiger partial charge on any atom is 0.0974 e. The number of fused-ring (bicyclic) bond motifs is 5. The highest BCUT2D eigenvalue weighted by Crippen LogP contribution is 2.39. The lowest BCUT2D eigenvalue weighted by Crippen LogP contribution is -2.08. The monoisotopic (exact) mass is 526 g/mol. The van der Waals surface area contributed by atoms with Gasteiger partial charge in [0.05, 0.1) is 27.9 Å². The summed E-state index contributed by atoms with van der Waals surface area (Å²) in [5, 5.41) is 3.37. The molecular weight excluding hydrogens is 500 g/mol. The molecule has 4 nitrogen and oxygen atoms in total. The van der Waals surface area contributed by atoms with Gasteiger partial charge >= 0.3 is 0 Å². The first-order valence-corrected chi connectivity index (χ1v) is 14.0. The zero-order chi connectivity index (χ0) is 27.3. The molecule has 0 aliphatic heterocycles. The Morgan fingerprint density at radius 2 is 1.44 bits per heavy atom. The smallest absolute Gasteiger partial charge is 0.0974 e. The van der Waals surface area contributed by atoms with Gasteiger partial charge in [0.15, 0.2) is 0 Å². The number of hydrogen-bond donors (Lipinski definition) is 0. The molecule has 4 heterocycles. The van der Waals surface area contributed by atoms with Crippen molar-refractivity contribution >= 4 is 38.8 Å². The van der Waals surface area contributed by atoms with E-state index in [1.165, 1.54) is 16.7 Å². The molecule has 0 N–H and O–H groups in total. The number of benzene rings is 3. The molecule has 1 unspecified atom stereocenters. The van der Waals surface area contributed by atoms with E-state index in [4.69, 9.17) is 15.0 Å². The van der Waals surface area contributed by atoms with E-state index in [1.54, 1.807) is 6.20 Å². The average molecular weight is 527 g/mol. The van der Waals surface area contributed by atoms with Crippen molar-refractivity contribution in [1.29, 1.82) is 0 Å². The molecule has 4 aromatic heterocycles. The van der Waals surface area contributed by atoms with Crippen molar-refractivity contribution in [3.05, 3.63) is 127 Å². The summed E-state index contributed by atoms with van der Waals surface area (Å²) in [4.78, 5) is 19.3. The van der Waals surface area contributed by atoms with Crippen molar-refractivity contribution in [2.24, 2.45) is 5.92 Å². The minimum atomic E-state index is 0.463. The molecule has 8 rings (SSSR count). The van der Waals surface area contributed by atoms with Gasteiger partial charge in [0.1, 0.15) is 0 Å². The second kappa shape index (κ2) is 9.46. The van der Waals surface area contributed by atoms with Crippen molar-refractivity contribution in [2.45, 2.75) is 13.3 Å². The highest BCUT2D eigenvalue weighted by Gasteiger charge is 2.20. The van der Waals surface area contributed by atoms with Gasteiger partial charge in [0.25, 0.3) is 0 Å².